The van der Waals surface area contributed by atoms with E-state index in [1.54, 1.807) is 12.2 Å². The van der Waals surface area contributed by atoms with E-state index in [1.165, 1.54) is 20.1 Å². The van der Waals surface area contributed by atoms with Crippen LogP contribution in [0.25, 0.3) is 0 Å². The number of methoxy groups -OCH3 is 1. The first-order chi connectivity index (χ1) is 8.46. The summed E-state index contributed by atoms with van der Waals surface area (Å²) in [6.07, 6.45) is 4.60. The molecule has 6 heteroatoms. The van der Waals surface area contributed by atoms with Crippen LogP contribution in [0.4, 0.5) is 0 Å². The summed E-state index contributed by atoms with van der Waals surface area (Å²) in [6.45, 7) is 4.87. The van der Waals surface area contributed by atoms with Gasteiger partial charge in [0.1, 0.15) is 5.25 Å². The van der Waals surface area contributed by atoms with E-state index in [1.807, 2.05) is 0 Å². The van der Waals surface area contributed by atoms with Gasteiger partial charge in [0.15, 0.2) is 5.12 Å². The molecule has 1 unspecified atom stereocenters. The van der Waals surface area contributed by atoms with E-state index in [0.717, 1.165) is 11.8 Å². The van der Waals surface area contributed by atoms with E-state index < -0.39 is 11.2 Å². The minimum absolute atomic E-state index is 0.0951. The molecular formula is C12H14Cl2O3S. The summed E-state index contributed by atoms with van der Waals surface area (Å²) in [6, 6.07) is 0. The van der Waals surface area contributed by atoms with Crippen molar-refractivity contribution < 1.29 is 14.3 Å². The fourth-order valence-corrected chi connectivity index (χ4v) is 2.24. The van der Waals surface area contributed by atoms with Gasteiger partial charge in [0.2, 0.25) is 0 Å². The number of hydrogen-bond acceptors (Lipinski definition) is 4. The molecule has 0 rings (SSSR count). The molecule has 0 aliphatic carbocycles. The van der Waals surface area contributed by atoms with Crippen LogP contribution < -0.4 is 0 Å². The van der Waals surface area contributed by atoms with Crippen LogP contribution in [0, 0.1) is 0 Å². The lowest BCUT2D eigenvalue weighted by Gasteiger charge is -2.14. The molecule has 0 bridgehead atoms. The molecule has 18 heavy (non-hydrogen) atoms. The Balaban J connectivity index is 5.20. The molecule has 0 aromatic heterocycles. The highest BCUT2D eigenvalue weighted by molar-refractivity contribution is 8.14. The molecule has 100 valence electrons. The molecule has 0 spiro atoms. The molecule has 0 aromatic carbocycles. The standard InChI is InChI=1S/C12H14Cl2O3S/c1-4-10(14)6-5-9(7-13)11(12(16)17-3)18-8(2)15/h4-6,11H,1,7H2,2-3H3/b9-5+,10-6+. The number of rotatable bonds is 6. The molecule has 0 fully saturated rings. The highest BCUT2D eigenvalue weighted by Crippen LogP contribution is 2.23. The summed E-state index contributed by atoms with van der Waals surface area (Å²) in [5.74, 6) is -0.428. The first-order valence-electron chi connectivity index (χ1n) is 4.96. The Morgan fingerprint density at radius 2 is 2.06 bits per heavy atom. The van der Waals surface area contributed by atoms with Gasteiger partial charge >= 0.3 is 5.97 Å². The average Bonchev–Trinajstić information content (AvgIpc) is 2.36. The fourth-order valence-electron chi connectivity index (χ4n) is 1.00. The van der Waals surface area contributed by atoms with Crippen molar-refractivity contribution in [3.63, 3.8) is 0 Å². The van der Waals surface area contributed by atoms with Gasteiger partial charge in [-0.25, -0.2) is 0 Å². The normalized spacial score (nSPS) is 14.0. The SMILES string of the molecule is C=C/C(Cl)=C\C=C(/CCl)C(SC(C)=O)C(=O)OC. The van der Waals surface area contributed by atoms with Gasteiger partial charge in [-0.05, 0) is 11.6 Å². The number of carbonyl (C=O) groups is 2. The Hall–Kier alpha value is -0.710. The van der Waals surface area contributed by atoms with Crippen LogP contribution in [0.5, 0.6) is 0 Å². The van der Waals surface area contributed by atoms with Crippen molar-refractivity contribution in [3.8, 4) is 0 Å². The minimum atomic E-state index is -0.754. The number of esters is 1. The second-order valence-electron chi connectivity index (χ2n) is 3.14. The number of thioether (sulfide) groups is 1. The third-order valence-corrected chi connectivity index (χ3v) is 3.49. The van der Waals surface area contributed by atoms with Gasteiger partial charge in [0.05, 0.1) is 7.11 Å². The van der Waals surface area contributed by atoms with Crippen molar-refractivity contribution in [3.05, 3.63) is 35.4 Å². The maximum Gasteiger partial charge on any atom is 0.323 e. The zero-order chi connectivity index (χ0) is 14.1. The molecule has 0 amide bonds. The van der Waals surface area contributed by atoms with E-state index in [2.05, 4.69) is 11.3 Å². The highest BCUT2D eigenvalue weighted by Gasteiger charge is 2.25. The van der Waals surface area contributed by atoms with Gasteiger partial charge in [0.25, 0.3) is 0 Å². The molecule has 0 aliphatic rings. The summed E-state index contributed by atoms with van der Waals surface area (Å²) in [5, 5.41) is -0.537. The zero-order valence-corrected chi connectivity index (χ0v) is 12.4. The van der Waals surface area contributed by atoms with E-state index in [4.69, 9.17) is 23.2 Å². The second-order valence-corrected chi connectivity index (χ2v) is 5.13. The zero-order valence-electron chi connectivity index (χ0n) is 10.1. The Bertz CT molecular complexity index is 389. The van der Waals surface area contributed by atoms with E-state index >= 15 is 0 Å². The van der Waals surface area contributed by atoms with Gasteiger partial charge in [-0.15, -0.1) is 11.6 Å². The molecule has 0 N–H and O–H groups in total. The van der Waals surface area contributed by atoms with Crippen LogP contribution in [0.2, 0.25) is 0 Å². The van der Waals surface area contributed by atoms with Gasteiger partial charge < -0.3 is 4.74 Å². The van der Waals surface area contributed by atoms with E-state index in [-0.39, 0.29) is 11.0 Å². The molecule has 0 saturated heterocycles. The molecule has 0 aliphatic heterocycles. The number of carbonyl (C=O) groups excluding carboxylic acids is 2. The number of alkyl halides is 1. The van der Waals surface area contributed by atoms with Gasteiger partial charge in [-0.1, -0.05) is 42.1 Å². The molecule has 0 radical (unpaired) electrons. The summed E-state index contributed by atoms with van der Waals surface area (Å²) in [7, 11) is 1.26. The average molecular weight is 309 g/mol. The third kappa shape index (κ3) is 6.28. The first-order valence-corrected chi connectivity index (χ1v) is 6.75. The number of ether oxygens (including phenoxy) is 1. The number of hydrogen-bond donors (Lipinski definition) is 0. The summed E-state index contributed by atoms with van der Waals surface area (Å²) in [4.78, 5) is 22.7. The third-order valence-electron chi connectivity index (χ3n) is 1.84. The van der Waals surface area contributed by atoms with Crippen molar-refractivity contribution in [2.24, 2.45) is 0 Å². The van der Waals surface area contributed by atoms with E-state index in [9.17, 15) is 9.59 Å². The van der Waals surface area contributed by atoms with Gasteiger partial charge in [-0.3, -0.25) is 9.59 Å². The quantitative estimate of drug-likeness (QED) is 0.429. The lowest BCUT2D eigenvalue weighted by atomic mass is 10.2. The molecule has 3 nitrogen and oxygen atoms in total. The largest absolute Gasteiger partial charge is 0.468 e. The predicted molar refractivity (Wildman–Crippen MR) is 77.0 cm³/mol. The van der Waals surface area contributed by atoms with Crippen LogP contribution >= 0.6 is 35.0 Å². The second kappa shape index (κ2) is 9.25. The topological polar surface area (TPSA) is 43.4 Å². The molecule has 0 heterocycles. The van der Waals surface area contributed by atoms with Crippen molar-refractivity contribution in [2.45, 2.75) is 12.2 Å². The van der Waals surface area contributed by atoms with Crippen LogP contribution in [0.1, 0.15) is 6.92 Å². The van der Waals surface area contributed by atoms with Crippen LogP contribution in [0.15, 0.2) is 35.4 Å². The van der Waals surface area contributed by atoms with Crippen molar-refractivity contribution in [2.75, 3.05) is 13.0 Å². The summed E-state index contributed by atoms with van der Waals surface area (Å²) >= 11 is 12.4. The number of halogens is 2. The van der Waals surface area contributed by atoms with Gasteiger partial charge in [0, 0.05) is 17.8 Å². The van der Waals surface area contributed by atoms with E-state index in [0.29, 0.717) is 10.6 Å². The monoisotopic (exact) mass is 308 g/mol. The van der Waals surface area contributed by atoms with Crippen LogP contribution in [-0.2, 0) is 14.3 Å². The predicted octanol–water partition coefficient (Wildman–Crippen LogP) is 3.28. The lowest BCUT2D eigenvalue weighted by Crippen LogP contribution is -2.23. The molecular weight excluding hydrogens is 295 g/mol. The smallest absolute Gasteiger partial charge is 0.323 e. The van der Waals surface area contributed by atoms with Crippen LogP contribution in [0.3, 0.4) is 0 Å². The summed E-state index contributed by atoms with van der Waals surface area (Å²) < 4.78 is 4.64. The number of allylic oxidation sites excluding steroid dienone is 4. The Labute approximate surface area is 121 Å². The van der Waals surface area contributed by atoms with Gasteiger partial charge in [-0.2, -0.15) is 0 Å². The molecule has 0 aromatic rings. The maximum absolute atomic E-state index is 11.6. The van der Waals surface area contributed by atoms with Crippen LogP contribution in [-0.4, -0.2) is 29.3 Å². The fraction of sp³-hybridized carbons (Fsp3) is 0.333. The Morgan fingerprint density at radius 3 is 2.44 bits per heavy atom. The highest BCUT2D eigenvalue weighted by atomic mass is 35.5. The molecule has 0 saturated carbocycles. The van der Waals surface area contributed by atoms with Crippen molar-refractivity contribution in [1.29, 1.82) is 0 Å². The maximum atomic E-state index is 11.6. The Kier molecular flexibility index (Phi) is 8.89. The minimum Gasteiger partial charge on any atom is -0.468 e. The lowest BCUT2D eigenvalue weighted by molar-refractivity contribution is -0.139. The van der Waals surface area contributed by atoms with Crippen molar-refractivity contribution in [1.82, 2.24) is 0 Å². The molecule has 1 atom stereocenters. The van der Waals surface area contributed by atoms with Crippen molar-refractivity contribution >= 4 is 46.0 Å². The summed E-state index contributed by atoms with van der Waals surface area (Å²) in [5.41, 5.74) is 0.545. The first kappa shape index (κ1) is 17.3. The Morgan fingerprint density at radius 1 is 1.44 bits per heavy atom.